The summed E-state index contributed by atoms with van der Waals surface area (Å²) in [5.74, 6) is -2.11. The normalized spacial score (nSPS) is 16.6. The summed E-state index contributed by atoms with van der Waals surface area (Å²) in [5, 5.41) is 20.8. The molecule has 29 heavy (non-hydrogen) atoms. The first-order chi connectivity index (χ1) is 13.9. The van der Waals surface area contributed by atoms with Gasteiger partial charge in [-0.05, 0) is 48.0 Å². The molecule has 4 rings (SSSR count). The zero-order chi connectivity index (χ0) is 20.7. The number of ketones is 1. The highest BCUT2D eigenvalue weighted by atomic mass is 35.5. The van der Waals surface area contributed by atoms with Gasteiger partial charge in [-0.1, -0.05) is 35.3 Å². The summed E-state index contributed by atoms with van der Waals surface area (Å²) in [6.45, 7) is 0. The van der Waals surface area contributed by atoms with Crippen LogP contribution in [0.25, 0.3) is 0 Å². The van der Waals surface area contributed by atoms with Crippen LogP contribution in [0.4, 0.5) is 5.69 Å². The molecule has 0 saturated heterocycles. The molecule has 1 aliphatic heterocycles. The smallest absolute Gasteiger partial charge is 0.294 e. The van der Waals surface area contributed by atoms with Gasteiger partial charge in [0.1, 0.15) is 5.75 Å². The van der Waals surface area contributed by atoms with Crippen molar-refractivity contribution < 1.29 is 24.2 Å². The first-order valence-corrected chi connectivity index (χ1v) is 9.22. The van der Waals surface area contributed by atoms with Crippen LogP contribution in [-0.2, 0) is 4.79 Å². The summed E-state index contributed by atoms with van der Waals surface area (Å²) in [6, 6.07) is 12.5. The van der Waals surface area contributed by atoms with Gasteiger partial charge in [0.05, 0.1) is 17.9 Å². The van der Waals surface area contributed by atoms with Crippen LogP contribution in [0.1, 0.15) is 22.2 Å². The number of Topliss-reactive ketones (excluding diaryl/α,β-unsaturated/α-hetero) is 1. The third-order valence-corrected chi connectivity index (χ3v) is 4.97. The molecule has 2 heterocycles. The van der Waals surface area contributed by atoms with E-state index in [1.165, 1.54) is 53.6 Å². The Hall–Kier alpha value is -3.22. The Labute approximate surface area is 175 Å². The summed E-state index contributed by atoms with van der Waals surface area (Å²) in [4.78, 5) is 27.2. The van der Waals surface area contributed by atoms with Crippen molar-refractivity contribution in [1.82, 2.24) is 0 Å². The second-order valence-electron chi connectivity index (χ2n) is 6.37. The standard InChI is InChI=1S/C21H13Cl2NO5/c22-12-8-13(23)10-14(9-12)24-18(11-3-5-15(25)6-4-11)17(20(27)21(24)28)19(26)16-2-1-7-29-16/h1-10,18,25,27H. The van der Waals surface area contributed by atoms with E-state index in [1.807, 2.05) is 0 Å². The lowest BCUT2D eigenvalue weighted by Gasteiger charge is -2.27. The van der Waals surface area contributed by atoms with Gasteiger partial charge >= 0.3 is 0 Å². The highest BCUT2D eigenvalue weighted by Gasteiger charge is 2.45. The Morgan fingerprint density at radius 3 is 2.24 bits per heavy atom. The zero-order valence-corrected chi connectivity index (χ0v) is 16.2. The van der Waals surface area contributed by atoms with Gasteiger partial charge < -0.3 is 14.6 Å². The van der Waals surface area contributed by atoms with Crippen molar-refractivity contribution in [3.8, 4) is 5.75 Å². The Kier molecular flexibility index (Phi) is 4.82. The van der Waals surface area contributed by atoms with Gasteiger partial charge in [-0.15, -0.1) is 0 Å². The van der Waals surface area contributed by atoms with Gasteiger partial charge in [0.25, 0.3) is 5.91 Å². The number of furan rings is 1. The lowest BCUT2D eigenvalue weighted by molar-refractivity contribution is -0.117. The number of halogens is 2. The number of aromatic hydroxyl groups is 1. The molecule has 146 valence electrons. The van der Waals surface area contributed by atoms with Crippen LogP contribution >= 0.6 is 23.2 Å². The number of rotatable bonds is 4. The van der Waals surface area contributed by atoms with E-state index in [0.717, 1.165) is 0 Å². The van der Waals surface area contributed by atoms with E-state index in [1.54, 1.807) is 12.1 Å². The van der Waals surface area contributed by atoms with Crippen LogP contribution in [0.3, 0.4) is 0 Å². The summed E-state index contributed by atoms with van der Waals surface area (Å²) in [6.07, 6.45) is 1.33. The average Bonchev–Trinajstić information content (AvgIpc) is 3.29. The number of nitrogens with zero attached hydrogens (tertiary/aromatic N) is 1. The zero-order valence-electron chi connectivity index (χ0n) is 14.7. The highest BCUT2D eigenvalue weighted by molar-refractivity contribution is 6.35. The molecule has 0 saturated carbocycles. The monoisotopic (exact) mass is 429 g/mol. The van der Waals surface area contributed by atoms with Gasteiger partial charge in [0.15, 0.2) is 11.5 Å². The quantitative estimate of drug-likeness (QED) is 0.564. The Balaban J connectivity index is 1.90. The highest BCUT2D eigenvalue weighted by Crippen LogP contribution is 2.43. The second-order valence-corrected chi connectivity index (χ2v) is 7.24. The molecule has 8 heteroatoms. The summed E-state index contributed by atoms with van der Waals surface area (Å²) in [7, 11) is 0. The number of carbonyl (C=O) groups excluding carboxylic acids is 2. The molecular weight excluding hydrogens is 417 g/mol. The van der Waals surface area contributed by atoms with Crippen molar-refractivity contribution in [2.24, 2.45) is 0 Å². The number of benzene rings is 2. The largest absolute Gasteiger partial charge is 0.508 e. The van der Waals surface area contributed by atoms with Gasteiger partial charge in [0.2, 0.25) is 5.78 Å². The summed E-state index contributed by atoms with van der Waals surface area (Å²) < 4.78 is 5.17. The van der Waals surface area contributed by atoms with E-state index in [-0.39, 0.29) is 27.1 Å². The number of hydrogen-bond donors (Lipinski definition) is 2. The summed E-state index contributed by atoms with van der Waals surface area (Å²) >= 11 is 12.2. The van der Waals surface area contributed by atoms with E-state index in [4.69, 9.17) is 27.6 Å². The second kappa shape index (κ2) is 7.31. The van der Waals surface area contributed by atoms with E-state index < -0.39 is 23.5 Å². The molecule has 0 radical (unpaired) electrons. The molecule has 0 spiro atoms. The van der Waals surface area contributed by atoms with E-state index in [9.17, 15) is 19.8 Å². The maximum Gasteiger partial charge on any atom is 0.294 e. The van der Waals surface area contributed by atoms with Crippen molar-refractivity contribution in [3.63, 3.8) is 0 Å². The number of amides is 1. The topological polar surface area (TPSA) is 91.0 Å². The molecule has 0 bridgehead atoms. The SMILES string of the molecule is O=C(C1=C(O)C(=O)N(c2cc(Cl)cc(Cl)c2)C1c1ccc(O)cc1)c1ccco1. The van der Waals surface area contributed by atoms with Crippen molar-refractivity contribution in [2.45, 2.75) is 6.04 Å². The molecule has 2 aromatic carbocycles. The van der Waals surface area contributed by atoms with E-state index >= 15 is 0 Å². The molecular formula is C21H13Cl2NO5. The molecule has 0 aliphatic carbocycles. The van der Waals surface area contributed by atoms with Gasteiger partial charge in [-0.25, -0.2) is 0 Å². The number of hydrogen-bond acceptors (Lipinski definition) is 5. The number of aliphatic hydroxyl groups is 1. The lowest BCUT2D eigenvalue weighted by Crippen LogP contribution is -2.31. The molecule has 6 nitrogen and oxygen atoms in total. The lowest BCUT2D eigenvalue weighted by atomic mass is 9.94. The number of carbonyl (C=O) groups is 2. The Morgan fingerprint density at radius 2 is 1.66 bits per heavy atom. The minimum atomic E-state index is -0.977. The van der Waals surface area contributed by atoms with E-state index in [2.05, 4.69) is 0 Å². The fourth-order valence-electron chi connectivity index (χ4n) is 3.29. The van der Waals surface area contributed by atoms with Crippen LogP contribution in [-0.4, -0.2) is 21.9 Å². The molecule has 2 N–H and O–H groups in total. The van der Waals surface area contributed by atoms with Gasteiger partial charge in [0, 0.05) is 15.7 Å². The van der Waals surface area contributed by atoms with Crippen molar-refractivity contribution >= 4 is 40.6 Å². The fraction of sp³-hybridized carbons (Fsp3) is 0.0476. The minimum absolute atomic E-state index is 0.0162. The third kappa shape index (κ3) is 3.37. The maximum absolute atomic E-state index is 13.0. The van der Waals surface area contributed by atoms with Crippen LogP contribution in [0.5, 0.6) is 5.75 Å². The van der Waals surface area contributed by atoms with Crippen LogP contribution in [0.15, 0.2) is 76.6 Å². The Bertz CT molecular complexity index is 1120. The van der Waals surface area contributed by atoms with E-state index in [0.29, 0.717) is 11.3 Å². The average molecular weight is 430 g/mol. The molecule has 3 aromatic rings. The first-order valence-electron chi connectivity index (χ1n) is 8.46. The number of phenols is 1. The van der Waals surface area contributed by atoms with Crippen molar-refractivity contribution in [1.29, 1.82) is 0 Å². The van der Waals surface area contributed by atoms with Crippen LogP contribution in [0, 0.1) is 0 Å². The molecule has 1 atom stereocenters. The maximum atomic E-state index is 13.0. The Morgan fingerprint density at radius 1 is 1.00 bits per heavy atom. The predicted octanol–water partition coefficient (Wildman–Crippen LogP) is 5.07. The first kappa shape index (κ1) is 19.1. The van der Waals surface area contributed by atoms with Crippen LogP contribution in [0.2, 0.25) is 10.0 Å². The predicted molar refractivity (Wildman–Crippen MR) is 107 cm³/mol. The van der Waals surface area contributed by atoms with Crippen LogP contribution < -0.4 is 4.90 Å². The number of aliphatic hydroxyl groups excluding tert-OH is 1. The number of phenolic OH excluding ortho intramolecular Hbond substituents is 1. The molecule has 1 amide bonds. The van der Waals surface area contributed by atoms with Gasteiger partial charge in [-0.2, -0.15) is 0 Å². The fourth-order valence-corrected chi connectivity index (χ4v) is 3.81. The van der Waals surface area contributed by atoms with Crippen molar-refractivity contribution in [2.75, 3.05) is 4.90 Å². The van der Waals surface area contributed by atoms with Crippen molar-refractivity contribution in [3.05, 3.63) is 93.6 Å². The molecule has 1 unspecified atom stereocenters. The number of anilines is 1. The van der Waals surface area contributed by atoms with Gasteiger partial charge in [-0.3, -0.25) is 14.5 Å². The molecule has 1 aromatic heterocycles. The molecule has 0 fully saturated rings. The third-order valence-electron chi connectivity index (χ3n) is 4.53. The molecule has 1 aliphatic rings. The summed E-state index contributed by atoms with van der Waals surface area (Å²) in [5.41, 5.74) is 0.650. The minimum Gasteiger partial charge on any atom is -0.508 e.